The Balaban J connectivity index is 1.53. The predicted octanol–water partition coefficient (Wildman–Crippen LogP) is 2.09. The average Bonchev–Trinajstić information content (AvgIpc) is 3.21. The molecule has 0 aliphatic heterocycles. The number of nitrogens with one attached hydrogen (secondary N) is 1. The minimum Gasteiger partial charge on any atom is -0.389 e. The first-order valence-electron chi connectivity index (χ1n) is 6.95. The highest BCUT2D eigenvalue weighted by Gasteiger charge is 2.20. The lowest BCUT2D eigenvalue weighted by atomic mass is 10.2. The first-order valence-corrected chi connectivity index (χ1v) is 6.95. The third-order valence-electron chi connectivity index (χ3n) is 3.33. The van der Waals surface area contributed by atoms with E-state index in [9.17, 15) is 9.50 Å². The molecule has 4 heteroatoms. The fraction of sp³-hybridized carbons (Fsp3) is 0.600. The van der Waals surface area contributed by atoms with E-state index in [1.165, 1.54) is 25.3 Å². The van der Waals surface area contributed by atoms with Gasteiger partial charge in [-0.25, -0.2) is 4.39 Å². The zero-order valence-electron chi connectivity index (χ0n) is 11.1. The van der Waals surface area contributed by atoms with Crippen LogP contribution in [0.5, 0.6) is 0 Å². The van der Waals surface area contributed by atoms with E-state index in [4.69, 9.17) is 4.74 Å². The van der Waals surface area contributed by atoms with E-state index >= 15 is 0 Å². The van der Waals surface area contributed by atoms with Crippen molar-refractivity contribution in [1.82, 2.24) is 5.32 Å². The summed E-state index contributed by atoms with van der Waals surface area (Å²) in [4.78, 5) is 0. The number of aliphatic hydroxyl groups is 1. The van der Waals surface area contributed by atoms with E-state index in [0.717, 1.165) is 12.5 Å². The SMILES string of the molecule is OC(CNCCC1CC1)COCc1ccccc1F. The molecule has 0 saturated heterocycles. The monoisotopic (exact) mass is 267 g/mol. The summed E-state index contributed by atoms with van der Waals surface area (Å²) in [5, 5.41) is 12.9. The summed E-state index contributed by atoms with van der Waals surface area (Å²) < 4.78 is 18.6. The Labute approximate surface area is 113 Å². The lowest BCUT2D eigenvalue weighted by Gasteiger charge is -2.12. The summed E-state index contributed by atoms with van der Waals surface area (Å²) in [6.45, 7) is 1.91. The number of rotatable bonds is 9. The van der Waals surface area contributed by atoms with E-state index in [0.29, 0.717) is 12.1 Å². The maximum Gasteiger partial charge on any atom is 0.128 e. The summed E-state index contributed by atoms with van der Waals surface area (Å²) in [5.41, 5.74) is 0.524. The van der Waals surface area contributed by atoms with Gasteiger partial charge in [0.2, 0.25) is 0 Å². The van der Waals surface area contributed by atoms with Crippen molar-refractivity contribution in [2.45, 2.75) is 32.0 Å². The summed E-state index contributed by atoms with van der Waals surface area (Å²) in [6.07, 6.45) is 3.38. The zero-order valence-corrected chi connectivity index (χ0v) is 11.1. The second kappa shape index (κ2) is 7.58. The predicted molar refractivity (Wildman–Crippen MR) is 72.3 cm³/mol. The molecule has 106 valence electrons. The van der Waals surface area contributed by atoms with Gasteiger partial charge in [0.05, 0.1) is 19.3 Å². The molecule has 1 aromatic rings. The van der Waals surface area contributed by atoms with Gasteiger partial charge in [0.15, 0.2) is 0 Å². The third kappa shape index (κ3) is 5.68. The molecule has 0 heterocycles. The first-order chi connectivity index (χ1) is 9.25. The van der Waals surface area contributed by atoms with Gasteiger partial charge in [0, 0.05) is 12.1 Å². The number of hydrogen-bond acceptors (Lipinski definition) is 3. The average molecular weight is 267 g/mol. The number of halogens is 1. The van der Waals surface area contributed by atoms with Gasteiger partial charge in [-0.2, -0.15) is 0 Å². The van der Waals surface area contributed by atoms with Crippen LogP contribution in [-0.4, -0.2) is 30.9 Å². The Kier molecular flexibility index (Phi) is 5.76. The Morgan fingerprint density at radius 2 is 2.16 bits per heavy atom. The van der Waals surface area contributed by atoms with E-state index < -0.39 is 6.10 Å². The molecule has 2 rings (SSSR count). The second-order valence-corrected chi connectivity index (χ2v) is 5.20. The minimum absolute atomic E-state index is 0.200. The highest BCUT2D eigenvalue weighted by Crippen LogP contribution is 2.31. The van der Waals surface area contributed by atoms with E-state index in [1.54, 1.807) is 18.2 Å². The summed E-state index contributed by atoms with van der Waals surface area (Å²) in [6, 6.07) is 6.53. The van der Waals surface area contributed by atoms with Crippen LogP contribution in [0.3, 0.4) is 0 Å². The molecule has 1 aliphatic rings. The molecular formula is C15H22FNO2. The van der Waals surface area contributed by atoms with Crippen LogP contribution in [0.4, 0.5) is 4.39 Å². The molecule has 0 amide bonds. The van der Waals surface area contributed by atoms with Gasteiger partial charge in [-0.3, -0.25) is 0 Å². The van der Waals surface area contributed by atoms with Crippen molar-refractivity contribution < 1.29 is 14.2 Å². The summed E-state index contributed by atoms with van der Waals surface area (Å²) in [5.74, 6) is 0.640. The molecule has 1 saturated carbocycles. The maximum atomic E-state index is 13.3. The van der Waals surface area contributed by atoms with Gasteiger partial charge in [-0.05, 0) is 24.9 Å². The molecular weight excluding hydrogens is 245 g/mol. The van der Waals surface area contributed by atoms with Crippen molar-refractivity contribution in [2.24, 2.45) is 5.92 Å². The molecule has 3 nitrogen and oxygen atoms in total. The second-order valence-electron chi connectivity index (χ2n) is 5.20. The van der Waals surface area contributed by atoms with Crippen molar-refractivity contribution >= 4 is 0 Å². The van der Waals surface area contributed by atoms with E-state index in [-0.39, 0.29) is 19.0 Å². The molecule has 2 N–H and O–H groups in total. The highest BCUT2D eigenvalue weighted by molar-refractivity contribution is 5.16. The number of hydrogen-bond donors (Lipinski definition) is 2. The highest BCUT2D eigenvalue weighted by atomic mass is 19.1. The quantitative estimate of drug-likeness (QED) is 0.673. The zero-order chi connectivity index (χ0) is 13.5. The van der Waals surface area contributed by atoms with Crippen molar-refractivity contribution in [2.75, 3.05) is 19.7 Å². The maximum absolute atomic E-state index is 13.3. The van der Waals surface area contributed by atoms with Crippen LogP contribution >= 0.6 is 0 Å². The molecule has 0 bridgehead atoms. The Morgan fingerprint density at radius 3 is 2.89 bits per heavy atom. The molecule has 1 aromatic carbocycles. The molecule has 1 aliphatic carbocycles. The van der Waals surface area contributed by atoms with Crippen molar-refractivity contribution in [3.8, 4) is 0 Å². The van der Waals surface area contributed by atoms with Crippen LogP contribution in [0.2, 0.25) is 0 Å². The van der Waals surface area contributed by atoms with Gasteiger partial charge in [-0.15, -0.1) is 0 Å². The van der Waals surface area contributed by atoms with Crippen molar-refractivity contribution in [3.63, 3.8) is 0 Å². The first kappa shape index (κ1) is 14.4. The third-order valence-corrected chi connectivity index (χ3v) is 3.33. The minimum atomic E-state index is -0.536. The van der Waals surface area contributed by atoms with Crippen LogP contribution < -0.4 is 5.32 Å². The Bertz CT molecular complexity index is 382. The van der Waals surface area contributed by atoms with Crippen molar-refractivity contribution in [3.05, 3.63) is 35.6 Å². The number of ether oxygens (including phenoxy) is 1. The fourth-order valence-corrected chi connectivity index (χ4v) is 1.96. The van der Waals surface area contributed by atoms with Gasteiger partial charge in [0.1, 0.15) is 5.82 Å². The van der Waals surface area contributed by atoms with E-state index in [1.807, 2.05) is 0 Å². The smallest absolute Gasteiger partial charge is 0.128 e. The Morgan fingerprint density at radius 1 is 1.37 bits per heavy atom. The lowest BCUT2D eigenvalue weighted by molar-refractivity contribution is 0.0279. The molecule has 0 spiro atoms. The molecule has 1 unspecified atom stereocenters. The normalized spacial score (nSPS) is 16.5. The van der Waals surface area contributed by atoms with Crippen molar-refractivity contribution in [1.29, 1.82) is 0 Å². The van der Waals surface area contributed by atoms with Crippen LogP contribution in [-0.2, 0) is 11.3 Å². The molecule has 0 radical (unpaired) electrons. The van der Waals surface area contributed by atoms with E-state index in [2.05, 4.69) is 5.32 Å². The Hall–Kier alpha value is -0.970. The number of aliphatic hydroxyl groups excluding tert-OH is 1. The standard InChI is InChI=1S/C15H22FNO2/c16-15-4-2-1-3-13(15)10-19-11-14(18)9-17-8-7-12-5-6-12/h1-4,12,14,17-18H,5-11H2. The van der Waals surface area contributed by atoms with Gasteiger partial charge in [-0.1, -0.05) is 31.0 Å². The number of benzene rings is 1. The molecule has 1 atom stereocenters. The lowest BCUT2D eigenvalue weighted by Crippen LogP contribution is -2.31. The fourth-order valence-electron chi connectivity index (χ4n) is 1.96. The van der Waals surface area contributed by atoms with Crippen LogP contribution in [0, 0.1) is 11.7 Å². The van der Waals surface area contributed by atoms with Gasteiger partial charge >= 0.3 is 0 Å². The molecule has 19 heavy (non-hydrogen) atoms. The molecule has 1 fully saturated rings. The van der Waals surface area contributed by atoms with Crippen LogP contribution in [0.1, 0.15) is 24.8 Å². The van der Waals surface area contributed by atoms with Gasteiger partial charge in [0.25, 0.3) is 0 Å². The summed E-state index contributed by atoms with van der Waals surface area (Å²) >= 11 is 0. The van der Waals surface area contributed by atoms with Crippen LogP contribution in [0.15, 0.2) is 24.3 Å². The largest absolute Gasteiger partial charge is 0.389 e. The van der Waals surface area contributed by atoms with Gasteiger partial charge < -0.3 is 15.2 Å². The molecule has 0 aromatic heterocycles. The topological polar surface area (TPSA) is 41.5 Å². The van der Waals surface area contributed by atoms with Crippen LogP contribution in [0.25, 0.3) is 0 Å². The summed E-state index contributed by atoms with van der Waals surface area (Å²) in [7, 11) is 0.